The van der Waals surface area contributed by atoms with Crippen LogP contribution in [0.4, 0.5) is 13.9 Å². The molecule has 0 saturated carbocycles. The molecule has 1 amide bonds. The molecule has 0 aliphatic rings. The fraction of sp³-hybridized carbons (Fsp3) is 0.182. The smallest absolute Gasteiger partial charge is 0.241 e. The number of aromatic nitrogens is 2. The van der Waals surface area contributed by atoms with Gasteiger partial charge >= 0.3 is 0 Å². The summed E-state index contributed by atoms with van der Waals surface area (Å²) in [5, 5.41) is 10.6. The van der Waals surface area contributed by atoms with Crippen molar-refractivity contribution in [1.29, 1.82) is 0 Å². The van der Waals surface area contributed by atoms with Crippen LogP contribution in [0.25, 0.3) is 0 Å². The molecule has 0 radical (unpaired) electrons. The number of halogens is 3. The predicted octanol–water partition coefficient (Wildman–Crippen LogP) is 2.57. The number of anilines is 1. The number of carbonyl (C=O) groups excluding carboxylic acids is 1. The van der Waals surface area contributed by atoms with E-state index < -0.39 is 17.5 Å². The van der Waals surface area contributed by atoms with Gasteiger partial charge in [0.1, 0.15) is 18.3 Å². The van der Waals surface area contributed by atoms with Crippen LogP contribution in [0.5, 0.6) is 5.75 Å². The van der Waals surface area contributed by atoms with Crippen molar-refractivity contribution in [3.8, 4) is 5.75 Å². The first kappa shape index (κ1) is 14.6. The largest absolute Gasteiger partial charge is 0.483 e. The number of benzene rings is 1. The molecule has 20 heavy (non-hydrogen) atoms. The Bertz CT molecular complexity index is 623. The maximum Gasteiger partial charge on any atom is 0.241 e. The Morgan fingerprint density at radius 2 is 2.20 bits per heavy atom. The molecule has 0 atom stereocenters. The van der Waals surface area contributed by atoms with Crippen molar-refractivity contribution < 1.29 is 18.3 Å². The molecule has 2 aromatic rings. The standard InChI is InChI=1S/C11H8ClF2N3O2S/c12-4-9(18)15-11-17-16-10(20-11)5-19-8-2-1-6(13)3-7(8)14/h1-3H,4-5H2,(H,15,17,18). The number of alkyl halides is 1. The minimum Gasteiger partial charge on any atom is -0.483 e. The molecule has 0 saturated heterocycles. The van der Waals surface area contributed by atoms with Crippen molar-refractivity contribution in [2.75, 3.05) is 11.2 Å². The third kappa shape index (κ3) is 3.84. The summed E-state index contributed by atoms with van der Waals surface area (Å²) in [6, 6.07) is 2.99. The zero-order valence-corrected chi connectivity index (χ0v) is 11.5. The molecule has 9 heteroatoms. The van der Waals surface area contributed by atoms with Gasteiger partial charge in [-0.05, 0) is 12.1 Å². The van der Waals surface area contributed by atoms with Gasteiger partial charge in [-0.2, -0.15) is 0 Å². The quantitative estimate of drug-likeness (QED) is 0.860. The third-order valence-corrected chi connectivity index (χ3v) is 3.13. The van der Waals surface area contributed by atoms with Gasteiger partial charge in [-0.15, -0.1) is 21.8 Å². The molecule has 106 valence electrons. The minimum absolute atomic E-state index is 0.0447. The molecule has 1 heterocycles. The number of nitrogens with one attached hydrogen (secondary N) is 1. The van der Waals surface area contributed by atoms with Gasteiger partial charge in [-0.25, -0.2) is 8.78 Å². The van der Waals surface area contributed by atoms with E-state index in [0.29, 0.717) is 5.01 Å². The Balaban J connectivity index is 1.95. The maximum atomic E-state index is 13.3. The zero-order valence-electron chi connectivity index (χ0n) is 9.90. The summed E-state index contributed by atoms with van der Waals surface area (Å²) < 4.78 is 31.2. The van der Waals surface area contributed by atoms with Gasteiger partial charge < -0.3 is 4.74 Å². The molecule has 1 aromatic heterocycles. The van der Waals surface area contributed by atoms with E-state index in [0.717, 1.165) is 23.5 Å². The highest BCUT2D eigenvalue weighted by Gasteiger charge is 2.10. The second-order valence-electron chi connectivity index (χ2n) is 3.55. The van der Waals surface area contributed by atoms with Crippen LogP contribution in [0.3, 0.4) is 0 Å². The number of amides is 1. The van der Waals surface area contributed by atoms with E-state index in [1.807, 2.05) is 0 Å². The average Bonchev–Trinajstić information content (AvgIpc) is 2.85. The summed E-state index contributed by atoms with van der Waals surface area (Å²) in [6.45, 7) is -0.0447. The van der Waals surface area contributed by atoms with E-state index in [1.165, 1.54) is 6.07 Å². The lowest BCUT2D eigenvalue weighted by Gasteiger charge is -2.04. The molecular formula is C11H8ClF2N3O2S. The first-order chi connectivity index (χ1) is 9.58. The molecule has 2 rings (SSSR count). The van der Waals surface area contributed by atoms with Crippen LogP contribution in [0.1, 0.15) is 5.01 Å². The van der Waals surface area contributed by atoms with E-state index in [9.17, 15) is 13.6 Å². The molecule has 0 bridgehead atoms. The van der Waals surface area contributed by atoms with Crippen LogP contribution >= 0.6 is 22.9 Å². The summed E-state index contributed by atoms with van der Waals surface area (Å²) >= 11 is 6.40. The van der Waals surface area contributed by atoms with Crippen LogP contribution in [-0.4, -0.2) is 22.0 Å². The van der Waals surface area contributed by atoms with Gasteiger partial charge in [0.2, 0.25) is 11.0 Å². The highest BCUT2D eigenvalue weighted by Crippen LogP contribution is 2.21. The number of hydrogen-bond donors (Lipinski definition) is 1. The zero-order chi connectivity index (χ0) is 14.5. The Morgan fingerprint density at radius 1 is 1.40 bits per heavy atom. The highest BCUT2D eigenvalue weighted by molar-refractivity contribution is 7.15. The maximum absolute atomic E-state index is 13.3. The van der Waals surface area contributed by atoms with Crippen LogP contribution in [-0.2, 0) is 11.4 Å². The van der Waals surface area contributed by atoms with E-state index in [1.54, 1.807) is 0 Å². The molecular weight excluding hydrogens is 312 g/mol. The molecule has 0 fully saturated rings. The first-order valence-electron chi connectivity index (χ1n) is 5.34. The molecule has 0 aliphatic carbocycles. The van der Waals surface area contributed by atoms with Gasteiger partial charge in [-0.3, -0.25) is 10.1 Å². The Hall–Kier alpha value is -1.80. The molecule has 5 nitrogen and oxygen atoms in total. The summed E-state index contributed by atoms with van der Waals surface area (Å²) in [7, 11) is 0. The van der Waals surface area contributed by atoms with Gasteiger partial charge in [0, 0.05) is 6.07 Å². The third-order valence-electron chi connectivity index (χ3n) is 2.08. The van der Waals surface area contributed by atoms with Crippen molar-refractivity contribution >= 4 is 34.0 Å². The number of ether oxygens (including phenoxy) is 1. The predicted molar refractivity (Wildman–Crippen MR) is 69.9 cm³/mol. The molecule has 0 aliphatic heterocycles. The summed E-state index contributed by atoms with van der Waals surface area (Å²) in [5.74, 6) is -2.17. The lowest BCUT2D eigenvalue weighted by Crippen LogP contribution is -2.12. The number of carbonyl (C=O) groups is 1. The van der Waals surface area contributed by atoms with E-state index in [-0.39, 0.29) is 23.4 Å². The lowest BCUT2D eigenvalue weighted by molar-refractivity contribution is -0.113. The fourth-order valence-corrected chi connectivity index (χ4v) is 1.98. The van der Waals surface area contributed by atoms with Gasteiger partial charge in [0.05, 0.1) is 0 Å². The van der Waals surface area contributed by atoms with Crippen molar-refractivity contribution in [3.63, 3.8) is 0 Å². The van der Waals surface area contributed by atoms with Crippen LogP contribution in [0.15, 0.2) is 18.2 Å². The molecule has 0 spiro atoms. The van der Waals surface area contributed by atoms with Crippen LogP contribution < -0.4 is 10.1 Å². The van der Waals surface area contributed by atoms with Crippen LogP contribution in [0.2, 0.25) is 0 Å². The van der Waals surface area contributed by atoms with Gasteiger partial charge in [0.15, 0.2) is 16.6 Å². The van der Waals surface area contributed by atoms with E-state index >= 15 is 0 Å². The van der Waals surface area contributed by atoms with E-state index in [4.69, 9.17) is 16.3 Å². The van der Waals surface area contributed by atoms with Crippen LogP contribution in [0, 0.1) is 11.6 Å². The number of nitrogens with zero attached hydrogens (tertiary/aromatic N) is 2. The Labute approximate surface area is 121 Å². The summed E-state index contributed by atoms with van der Waals surface area (Å²) in [4.78, 5) is 11.0. The van der Waals surface area contributed by atoms with Crippen molar-refractivity contribution in [2.45, 2.75) is 6.61 Å². The van der Waals surface area contributed by atoms with Crippen molar-refractivity contribution in [2.24, 2.45) is 0 Å². The minimum atomic E-state index is -0.801. The Morgan fingerprint density at radius 3 is 2.90 bits per heavy atom. The topological polar surface area (TPSA) is 64.1 Å². The molecule has 1 aromatic carbocycles. The molecule has 0 unspecified atom stereocenters. The summed E-state index contributed by atoms with van der Waals surface area (Å²) in [5.41, 5.74) is 0. The van der Waals surface area contributed by atoms with Crippen molar-refractivity contribution in [3.05, 3.63) is 34.8 Å². The summed E-state index contributed by atoms with van der Waals surface area (Å²) in [6.07, 6.45) is 0. The lowest BCUT2D eigenvalue weighted by atomic mass is 10.3. The number of rotatable bonds is 5. The fourth-order valence-electron chi connectivity index (χ4n) is 1.25. The van der Waals surface area contributed by atoms with Gasteiger partial charge in [0.25, 0.3) is 0 Å². The Kier molecular flexibility index (Phi) is 4.80. The second kappa shape index (κ2) is 6.58. The van der Waals surface area contributed by atoms with Gasteiger partial charge in [-0.1, -0.05) is 11.3 Å². The molecule has 1 N–H and O–H groups in total. The normalized spacial score (nSPS) is 10.3. The SMILES string of the molecule is O=C(CCl)Nc1nnc(COc2ccc(F)cc2F)s1. The average molecular weight is 320 g/mol. The highest BCUT2D eigenvalue weighted by atomic mass is 35.5. The monoisotopic (exact) mass is 319 g/mol. The first-order valence-corrected chi connectivity index (χ1v) is 6.69. The van der Waals surface area contributed by atoms with E-state index in [2.05, 4.69) is 15.5 Å². The van der Waals surface area contributed by atoms with Crippen molar-refractivity contribution in [1.82, 2.24) is 10.2 Å². The number of hydrogen-bond acceptors (Lipinski definition) is 5. The second-order valence-corrected chi connectivity index (χ2v) is 4.88.